The zero-order chi connectivity index (χ0) is 11.8. The van der Waals surface area contributed by atoms with Crippen LogP contribution in [0.1, 0.15) is 15.9 Å². The summed E-state index contributed by atoms with van der Waals surface area (Å²) in [6.45, 7) is 1.36. The first-order chi connectivity index (χ1) is 6.73. The van der Waals surface area contributed by atoms with E-state index in [1.807, 2.05) is 0 Å². The van der Waals surface area contributed by atoms with E-state index < -0.39 is 26.3 Å². The third-order valence-electron chi connectivity index (χ3n) is 1.79. The minimum absolute atomic E-state index is 0.118. The molecule has 0 saturated carbocycles. The Balaban J connectivity index is 3.58. The van der Waals surface area contributed by atoms with Crippen LogP contribution in [0.4, 0.5) is 4.39 Å². The standard InChI is InChI=1S/C8H7ClFNO3S/c1-4-2-6(10)5(8(11)12)3-7(4)15(9,13)14/h2-3H,1H3,(H2,11,12). The fourth-order valence-electron chi connectivity index (χ4n) is 1.10. The number of hydrogen-bond acceptors (Lipinski definition) is 3. The van der Waals surface area contributed by atoms with Gasteiger partial charge in [-0.3, -0.25) is 4.79 Å². The maximum atomic E-state index is 13.1. The fraction of sp³-hybridized carbons (Fsp3) is 0.125. The van der Waals surface area contributed by atoms with Gasteiger partial charge in [-0.25, -0.2) is 12.8 Å². The molecular weight excluding hydrogens is 245 g/mol. The zero-order valence-corrected chi connectivity index (χ0v) is 9.19. The maximum Gasteiger partial charge on any atom is 0.261 e. The molecule has 0 radical (unpaired) electrons. The zero-order valence-electron chi connectivity index (χ0n) is 7.62. The highest BCUT2D eigenvalue weighted by Gasteiger charge is 2.19. The number of primary amides is 1. The second-order valence-corrected chi connectivity index (χ2v) is 5.43. The first-order valence-electron chi connectivity index (χ1n) is 3.78. The first kappa shape index (κ1) is 11.9. The highest BCUT2D eigenvalue weighted by molar-refractivity contribution is 8.13. The highest BCUT2D eigenvalue weighted by atomic mass is 35.7. The van der Waals surface area contributed by atoms with E-state index in [0.29, 0.717) is 0 Å². The Morgan fingerprint density at radius 3 is 2.40 bits per heavy atom. The van der Waals surface area contributed by atoms with E-state index in [4.69, 9.17) is 16.4 Å². The van der Waals surface area contributed by atoms with Crippen molar-refractivity contribution in [2.45, 2.75) is 11.8 Å². The molecule has 0 aliphatic carbocycles. The Morgan fingerprint density at radius 2 is 2.00 bits per heavy atom. The average molecular weight is 252 g/mol. The van der Waals surface area contributed by atoms with Crippen LogP contribution in [0.15, 0.2) is 17.0 Å². The molecule has 7 heteroatoms. The number of halogens is 2. The fourth-order valence-corrected chi connectivity index (χ4v) is 2.31. The Labute approximate surface area is 90.3 Å². The van der Waals surface area contributed by atoms with Crippen molar-refractivity contribution in [3.63, 3.8) is 0 Å². The molecule has 0 fully saturated rings. The summed E-state index contributed by atoms with van der Waals surface area (Å²) in [5.74, 6) is -1.92. The van der Waals surface area contributed by atoms with Crippen molar-refractivity contribution in [3.05, 3.63) is 29.1 Å². The smallest absolute Gasteiger partial charge is 0.261 e. The molecule has 4 nitrogen and oxygen atoms in total. The molecule has 0 unspecified atom stereocenters. The monoisotopic (exact) mass is 251 g/mol. The molecule has 2 N–H and O–H groups in total. The van der Waals surface area contributed by atoms with Crippen molar-refractivity contribution in [2.75, 3.05) is 0 Å². The van der Waals surface area contributed by atoms with Gasteiger partial charge in [-0.15, -0.1) is 0 Å². The van der Waals surface area contributed by atoms with Crippen LogP contribution in [-0.4, -0.2) is 14.3 Å². The minimum atomic E-state index is -4.01. The molecule has 15 heavy (non-hydrogen) atoms. The van der Waals surface area contributed by atoms with Crippen molar-refractivity contribution in [2.24, 2.45) is 5.73 Å². The van der Waals surface area contributed by atoms with Crippen LogP contribution in [0.5, 0.6) is 0 Å². The lowest BCUT2D eigenvalue weighted by Gasteiger charge is -2.05. The van der Waals surface area contributed by atoms with Crippen LogP contribution in [0, 0.1) is 12.7 Å². The number of carbonyl (C=O) groups excluding carboxylic acids is 1. The van der Waals surface area contributed by atoms with Crippen molar-refractivity contribution >= 4 is 25.6 Å². The number of rotatable bonds is 2. The Morgan fingerprint density at radius 1 is 1.47 bits per heavy atom. The third kappa shape index (κ3) is 2.45. The van der Waals surface area contributed by atoms with Gasteiger partial charge in [-0.1, -0.05) is 0 Å². The van der Waals surface area contributed by atoms with Crippen LogP contribution >= 0.6 is 10.7 Å². The van der Waals surface area contributed by atoms with E-state index in [9.17, 15) is 17.6 Å². The van der Waals surface area contributed by atoms with Gasteiger partial charge in [0.2, 0.25) is 0 Å². The Bertz CT molecular complexity index is 527. The number of amides is 1. The van der Waals surface area contributed by atoms with Gasteiger partial charge in [0, 0.05) is 10.7 Å². The predicted octanol–water partition coefficient (Wildman–Crippen LogP) is 1.16. The summed E-state index contributed by atoms with van der Waals surface area (Å²) in [5.41, 5.74) is 4.48. The summed E-state index contributed by atoms with van der Waals surface area (Å²) in [6, 6.07) is 1.73. The molecule has 0 heterocycles. The topological polar surface area (TPSA) is 77.2 Å². The number of benzene rings is 1. The number of nitrogens with two attached hydrogens (primary N) is 1. The molecule has 1 aromatic rings. The number of carbonyl (C=O) groups is 1. The predicted molar refractivity (Wildman–Crippen MR) is 52.7 cm³/mol. The first-order valence-corrected chi connectivity index (χ1v) is 6.09. The summed E-state index contributed by atoms with van der Waals surface area (Å²) in [6.07, 6.45) is 0. The highest BCUT2D eigenvalue weighted by Crippen LogP contribution is 2.22. The van der Waals surface area contributed by atoms with E-state index >= 15 is 0 Å². The lowest BCUT2D eigenvalue weighted by atomic mass is 10.1. The summed E-state index contributed by atoms with van der Waals surface area (Å²) in [4.78, 5) is 10.4. The molecular formula is C8H7ClFNO3S. The van der Waals surface area contributed by atoms with Crippen LogP contribution in [-0.2, 0) is 9.05 Å². The second-order valence-electron chi connectivity index (χ2n) is 2.90. The third-order valence-corrected chi connectivity index (χ3v) is 3.26. The van der Waals surface area contributed by atoms with Gasteiger partial charge in [0.15, 0.2) is 0 Å². The molecule has 0 aliphatic heterocycles. The van der Waals surface area contributed by atoms with Crippen LogP contribution in [0.3, 0.4) is 0 Å². The quantitative estimate of drug-likeness (QED) is 0.802. The molecule has 82 valence electrons. The van der Waals surface area contributed by atoms with E-state index in [1.165, 1.54) is 6.92 Å². The van der Waals surface area contributed by atoms with Crippen LogP contribution < -0.4 is 5.73 Å². The molecule has 0 saturated heterocycles. The van der Waals surface area contributed by atoms with E-state index in [0.717, 1.165) is 12.1 Å². The largest absolute Gasteiger partial charge is 0.366 e. The van der Waals surface area contributed by atoms with Crippen molar-refractivity contribution < 1.29 is 17.6 Å². The van der Waals surface area contributed by atoms with Gasteiger partial charge in [0.05, 0.1) is 10.5 Å². The minimum Gasteiger partial charge on any atom is -0.366 e. The van der Waals surface area contributed by atoms with Gasteiger partial charge in [0.25, 0.3) is 15.0 Å². The molecule has 1 amide bonds. The normalized spacial score (nSPS) is 11.4. The molecule has 0 aromatic heterocycles. The lowest BCUT2D eigenvalue weighted by molar-refractivity contribution is 0.0996. The summed E-state index contributed by atoms with van der Waals surface area (Å²) < 4.78 is 35.2. The van der Waals surface area contributed by atoms with Crippen LogP contribution in [0.25, 0.3) is 0 Å². The van der Waals surface area contributed by atoms with Gasteiger partial charge < -0.3 is 5.73 Å². The van der Waals surface area contributed by atoms with E-state index in [-0.39, 0.29) is 10.5 Å². The SMILES string of the molecule is Cc1cc(F)c(C(N)=O)cc1S(=O)(=O)Cl. The number of aryl methyl sites for hydroxylation is 1. The summed E-state index contributed by atoms with van der Waals surface area (Å²) in [5, 5.41) is 0. The number of hydrogen-bond donors (Lipinski definition) is 1. The molecule has 1 rings (SSSR count). The van der Waals surface area contributed by atoms with Crippen molar-refractivity contribution in [3.8, 4) is 0 Å². The van der Waals surface area contributed by atoms with Crippen molar-refractivity contribution in [1.29, 1.82) is 0 Å². The van der Waals surface area contributed by atoms with Crippen LogP contribution in [0.2, 0.25) is 0 Å². The van der Waals surface area contributed by atoms with Gasteiger partial charge in [0.1, 0.15) is 5.82 Å². The van der Waals surface area contributed by atoms with E-state index in [2.05, 4.69) is 0 Å². The van der Waals surface area contributed by atoms with Gasteiger partial charge in [-0.2, -0.15) is 0 Å². The van der Waals surface area contributed by atoms with Gasteiger partial charge >= 0.3 is 0 Å². The lowest BCUT2D eigenvalue weighted by Crippen LogP contribution is -2.14. The molecule has 0 atom stereocenters. The Hall–Kier alpha value is -1.14. The average Bonchev–Trinajstić information content (AvgIpc) is 2.00. The van der Waals surface area contributed by atoms with Gasteiger partial charge in [-0.05, 0) is 24.6 Å². The molecule has 0 spiro atoms. The molecule has 0 aliphatic rings. The Kier molecular flexibility index (Phi) is 3.01. The molecule has 1 aromatic carbocycles. The maximum absolute atomic E-state index is 13.1. The second kappa shape index (κ2) is 3.79. The summed E-state index contributed by atoms with van der Waals surface area (Å²) >= 11 is 0. The van der Waals surface area contributed by atoms with E-state index in [1.54, 1.807) is 0 Å². The van der Waals surface area contributed by atoms with Crippen molar-refractivity contribution in [1.82, 2.24) is 0 Å². The molecule has 0 bridgehead atoms. The summed E-state index contributed by atoms with van der Waals surface area (Å²) in [7, 11) is 1.08.